The third kappa shape index (κ3) is 3.38. The summed E-state index contributed by atoms with van der Waals surface area (Å²) in [6.45, 7) is 0.820. The number of hydrogen-bond donors (Lipinski definition) is 1. The highest BCUT2D eigenvalue weighted by Crippen LogP contribution is 2.45. The van der Waals surface area contributed by atoms with Gasteiger partial charge in [-0.3, -0.25) is 14.5 Å². The number of benzene rings is 3. The molecular weight excluding hydrogens is 462 g/mol. The number of furan rings is 1. The van der Waals surface area contributed by atoms with Gasteiger partial charge in [0.15, 0.2) is 34.4 Å². The van der Waals surface area contributed by atoms with E-state index in [9.17, 15) is 14.7 Å². The zero-order valence-corrected chi connectivity index (χ0v) is 19.3. The number of nitrogens with zero attached hydrogens (tertiary/aromatic N) is 1. The number of anilines is 1. The predicted octanol–water partition coefficient (Wildman–Crippen LogP) is 5.00. The van der Waals surface area contributed by atoms with Gasteiger partial charge in [-0.25, -0.2) is 0 Å². The van der Waals surface area contributed by atoms with Crippen LogP contribution in [-0.2, 0) is 4.79 Å². The Morgan fingerprint density at radius 3 is 2.53 bits per heavy atom. The van der Waals surface area contributed by atoms with Crippen molar-refractivity contribution in [1.29, 1.82) is 0 Å². The van der Waals surface area contributed by atoms with Crippen molar-refractivity contribution in [2.45, 2.75) is 6.04 Å². The Hall–Kier alpha value is -4.72. The monoisotopic (exact) mass is 483 g/mol. The number of fused-ring (bicyclic) bond motifs is 2. The summed E-state index contributed by atoms with van der Waals surface area (Å²) in [5.74, 6) is -0.389. The standard InChI is InChI=1S/C28H21NO7/c1-33-20-9-5-8-17-14-22(36-27(17)20)25(30)23-24(16-6-3-2-4-7-16)29(28(32)26(23)31)18-10-11-19-21(15-18)35-13-12-34-19/h2-11,14-15,24,31H,12-13H2,1H3. The lowest BCUT2D eigenvalue weighted by Gasteiger charge is -2.28. The molecule has 0 saturated carbocycles. The molecule has 0 spiro atoms. The predicted molar refractivity (Wildman–Crippen MR) is 131 cm³/mol. The molecule has 2 aliphatic rings. The lowest BCUT2D eigenvalue weighted by molar-refractivity contribution is -0.117. The Kier molecular flexibility index (Phi) is 5.14. The average molecular weight is 483 g/mol. The minimum absolute atomic E-state index is 0.00574. The number of aliphatic hydroxyl groups is 1. The van der Waals surface area contributed by atoms with Crippen LogP contribution >= 0.6 is 0 Å². The van der Waals surface area contributed by atoms with Gasteiger partial charge in [0, 0.05) is 17.1 Å². The molecule has 0 radical (unpaired) electrons. The Morgan fingerprint density at radius 1 is 0.972 bits per heavy atom. The summed E-state index contributed by atoms with van der Waals surface area (Å²) in [5, 5.41) is 11.7. The molecule has 1 N–H and O–H groups in total. The highest BCUT2D eigenvalue weighted by atomic mass is 16.6. The highest BCUT2D eigenvalue weighted by Gasteiger charge is 2.45. The normalized spacial score (nSPS) is 17.1. The number of para-hydroxylation sites is 1. The van der Waals surface area contributed by atoms with E-state index >= 15 is 0 Å². The van der Waals surface area contributed by atoms with Gasteiger partial charge >= 0.3 is 0 Å². The second-order valence-corrected chi connectivity index (χ2v) is 8.40. The van der Waals surface area contributed by atoms with Gasteiger partial charge in [0.05, 0.1) is 18.7 Å². The van der Waals surface area contributed by atoms with Gasteiger partial charge in [-0.2, -0.15) is 0 Å². The van der Waals surface area contributed by atoms with Crippen LogP contribution in [0.4, 0.5) is 5.69 Å². The number of carbonyl (C=O) groups excluding carboxylic acids is 2. The third-order valence-corrected chi connectivity index (χ3v) is 6.32. The van der Waals surface area contributed by atoms with E-state index in [0.717, 1.165) is 0 Å². The summed E-state index contributed by atoms with van der Waals surface area (Å²) in [5.41, 5.74) is 1.45. The lowest BCUT2D eigenvalue weighted by atomic mass is 9.94. The van der Waals surface area contributed by atoms with E-state index in [4.69, 9.17) is 18.6 Å². The Balaban J connectivity index is 1.47. The van der Waals surface area contributed by atoms with Gasteiger partial charge in [0.25, 0.3) is 5.91 Å². The largest absolute Gasteiger partial charge is 0.503 e. The SMILES string of the molecule is COc1cccc2cc(C(=O)C3=C(O)C(=O)N(c4ccc5c(c4)OCCO5)C3c3ccccc3)oc12. The second kappa shape index (κ2) is 8.49. The summed E-state index contributed by atoms with van der Waals surface area (Å²) in [7, 11) is 1.51. The number of Topliss-reactive ketones (excluding diaryl/α,β-unsaturated/α-hetero) is 1. The lowest BCUT2D eigenvalue weighted by Crippen LogP contribution is -2.31. The van der Waals surface area contributed by atoms with E-state index in [1.807, 2.05) is 18.2 Å². The summed E-state index contributed by atoms with van der Waals surface area (Å²) in [6.07, 6.45) is 0. The number of methoxy groups -OCH3 is 1. The van der Waals surface area contributed by atoms with Crippen LogP contribution in [-0.4, -0.2) is 37.1 Å². The van der Waals surface area contributed by atoms with Crippen molar-refractivity contribution >= 4 is 28.3 Å². The zero-order chi connectivity index (χ0) is 24.8. The third-order valence-electron chi connectivity index (χ3n) is 6.32. The first-order valence-electron chi connectivity index (χ1n) is 11.4. The van der Waals surface area contributed by atoms with Crippen LogP contribution < -0.4 is 19.1 Å². The van der Waals surface area contributed by atoms with Crippen LogP contribution in [0.5, 0.6) is 17.2 Å². The van der Waals surface area contributed by atoms with Crippen molar-refractivity contribution in [3.63, 3.8) is 0 Å². The molecule has 3 heterocycles. The molecule has 1 amide bonds. The smallest absolute Gasteiger partial charge is 0.294 e. The van der Waals surface area contributed by atoms with Crippen LogP contribution in [0.2, 0.25) is 0 Å². The van der Waals surface area contributed by atoms with Gasteiger partial charge in [0.1, 0.15) is 13.2 Å². The number of ether oxygens (including phenoxy) is 3. The fourth-order valence-corrected chi connectivity index (χ4v) is 4.68. The molecule has 1 unspecified atom stereocenters. The van der Waals surface area contributed by atoms with Crippen LogP contribution in [0.1, 0.15) is 22.2 Å². The average Bonchev–Trinajstić information content (AvgIpc) is 3.47. The maximum absolute atomic E-state index is 13.8. The minimum Gasteiger partial charge on any atom is -0.503 e. The minimum atomic E-state index is -0.885. The van der Waals surface area contributed by atoms with Crippen molar-refractivity contribution in [1.82, 2.24) is 0 Å². The van der Waals surface area contributed by atoms with Crippen LogP contribution in [0.3, 0.4) is 0 Å². The number of carbonyl (C=O) groups is 2. The van der Waals surface area contributed by atoms with Crippen molar-refractivity contribution in [2.75, 3.05) is 25.2 Å². The molecule has 3 aromatic carbocycles. The molecule has 4 aromatic rings. The van der Waals surface area contributed by atoms with Gasteiger partial charge in [-0.05, 0) is 29.8 Å². The van der Waals surface area contributed by atoms with Crippen molar-refractivity contribution in [3.05, 3.63) is 95.5 Å². The highest BCUT2D eigenvalue weighted by molar-refractivity contribution is 6.20. The summed E-state index contributed by atoms with van der Waals surface area (Å²) in [4.78, 5) is 28.6. The molecule has 0 bridgehead atoms. The van der Waals surface area contributed by atoms with E-state index in [1.54, 1.807) is 54.6 Å². The molecule has 6 rings (SSSR count). The molecule has 36 heavy (non-hydrogen) atoms. The molecule has 0 saturated heterocycles. The quantitative estimate of drug-likeness (QED) is 0.399. The van der Waals surface area contributed by atoms with Crippen molar-refractivity contribution in [3.8, 4) is 17.2 Å². The maximum Gasteiger partial charge on any atom is 0.294 e. The zero-order valence-electron chi connectivity index (χ0n) is 19.3. The first-order chi connectivity index (χ1) is 17.6. The molecule has 0 aliphatic carbocycles. The van der Waals surface area contributed by atoms with E-state index in [2.05, 4.69) is 0 Å². The number of aliphatic hydroxyl groups excluding tert-OH is 1. The Bertz CT molecular complexity index is 1540. The summed E-state index contributed by atoms with van der Waals surface area (Å²) < 4.78 is 22.5. The van der Waals surface area contributed by atoms with Crippen LogP contribution in [0.15, 0.2) is 88.5 Å². The molecular formula is C28H21NO7. The first-order valence-corrected chi connectivity index (χ1v) is 11.4. The van der Waals surface area contributed by atoms with E-state index < -0.39 is 23.5 Å². The molecule has 0 fully saturated rings. The molecule has 1 aromatic heterocycles. The molecule has 8 nitrogen and oxygen atoms in total. The molecule has 8 heteroatoms. The fourth-order valence-electron chi connectivity index (χ4n) is 4.68. The van der Waals surface area contributed by atoms with E-state index in [1.165, 1.54) is 12.0 Å². The number of rotatable bonds is 5. The summed E-state index contributed by atoms with van der Waals surface area (Å²) in [6, 6.07) is 20.2. The molecule has 2 aliphatic heterocycles. The van der Waals surface area contributed by atoms with Gasteiger partial charge in [-0.1, -0.05) is 42.5 Å². The van der Waals surface area contributed by atoms with Crippen molar-refractivity contribution in [2.24, 2.45) is 0 Å². The van der Waals surface area contributed by atoms with E-state index in [-0.39, 0.29) is 11.3 Å². The molecule has 180 valence electrons. The summed E-state index contributed by atoms with van der Waals surface area (Å²) >= 11 is 0. The first kappa shape index (κ1) is 21.8. The maximum atomic E-state index is 13.8. The molecule has 1 atom stereocenters. The van der Waals surface area contributed by atoms with E-state index in [0.29, 0.717) is 52.7 Å². The van der Waals surface area contributed by atoms with Gasteiger partial charge in [-0.15, -0.1) is 0 Å². The van der Waals surface area contributed by atoms with Crippen LogP contribution in [0.25, 0.3) is 11.0 Å². The van der Waals surface area contributed by atoms with Gasteiger partial charge in [0.2, 0.25) is 5.78 Å². The van der Waals surface area contributed by atoms with Crippen LogP contribution in [0, 0.1) is 0 Å². The fraction of sp³-hybridized carbons (Fsp3) is 0.143. The Morgan fingerprint density at radius 2 is 1.75 bits per heavy atom. The number of amides is 1. The topological polar surface area (TPSA) is 98.4 Å². The second-order valence-electron chi connectivity index (χ2n) is 8.40. The van der Waals surface area contributed by atoms with Gasteiger partial charge < -0.3 is 23.7 Å². The number of ketones is 1. The van der Waals surface area contributed by atoms with Crippen molar-refractivity contribution < 1.29 is 33.3 Å². The number of hydrogen-bond acceptors (Lipinski definition) is 7. The Labute approximate surface area is 205 Å².